The van der Waals surface area contributed by atoms with Crippen LogP contribution >= 0.6 is 0 Å². The summed E-state index contributed by atoms with van der Waals surface area (Å²) in [5.41, 5.74) is 0.758. The van der Waals surface area contributed by atoms with E-state index in [0.29, 0.717) is 26.3 Å². The van der Waals surface area contributed by atoms with E-state index in [4.69, 9.17) is 9.47 Å². The van der Waals surface area contributed by atoms with Gasteiger partial charge in [0, 0.05) is 20.2 Å². The molecular formula is C16H22N2O4. The van der Waals surface area contributed by atoms with Crippen molar-refractivity contribution >= 4 is 11.8 Å². The van der Waals surface area contributed by atoms with Gasteiger partial charge in [-0.2, -0.15) is 0 Å². The van der Waals surface area contributed by atoms with E-state index in [0.717, 1.165) is 5.56 Å². The van der Waals surface area contributed by atoms with Gasteiger partial charge in [0.25, 0.3) is 5.91 Å². The number of morpholine rings is 1. The Balaban J connectivity index is 1.96. The third-order valence-corrected chi connectivity index (χ3v) is 3.63. The van der Waals surface area contributed by atoms with Crippen LogP contribution in [-0.4, -0.2) is 56.2 Å². The zero-order valence-electron chi connectivity index (χ0n) is 13.0. The molecule has 0 aromatic heterocycles. The number of ether oxygens (including phenoxy) is 2. The second-order valence-electron chi connectivity index (χ2n) is 5.19. The third-order valence-electron chi connectivity index (χ3n) is 3.63. The SMILES string of the molecule is COC(C(=O)NC(C)C(=O)N1CCOCC1)c1ccccc1. The predicted molar refractivity (Wildman–Crippen MR) is 81.2 cm³/mol. The molecule has 0 radical (unpaired) electrons. The second-order valence-corrected chi connectivity index (χ2v) is 5.19. The molecule has 1 fully saturated rings. The van der Waals surface area contributed by atoms with Crippen LogP contribution in [0.1, 0.15) is 18.6 Å². The minimum atomic E-state index is -0.721. The standard InChI is InChI=1S/C16H22N2O4/c1-12(16(20)18-8-10-22-11-9-18)17-15(19)14(21-2)13-6-4-3-5-7-13/h3-7,12,14H,8-11H2,1-2H3,(H,17,19). The fourth-order valence-electron chi connectivity index (χ4n) is 2.43. The summed E-state index contributed by atoms with van der Waals surface area (Å²) in [6, 6.07) is 8.61. The highest BCUT2D eigenvalue weighted by atomic mass is 16.5. The summed E-state index contributed by atoms with van der Waals surface area (Å²) >= 11 is 0. The molecule has 2 atom stereocenters. The summed E-state index contributed by atoms with van der Waals surface area (Å²) in [4.78, 5) is 26.3. The average Bonchev–Trinajstić information content (AvgIpc) is 2.56. The normalized spacial score (nSPS) is 17.6. The maximum Gasteiger partial charge on any atom is 0.254 e. The molecule has 0 aliphatic carbocycles. The van der Waals surface area contributed by atoms with Crippen molar-refractivity contribution in [2.75, 3.05) is 33.4 Å². The van der Waals surface area contributed by atoms with E-state index in [-0.39, 0.29) is 11.8 Å². The van der Waals surface area contributed by atoms with Gasteiger partial charge in [0.1, 0.15) is 6.04 Å². The number of nitrogens with zero attached hydrogens (tertiary/aromatic N) is 1. The van der Waals surface area contributed by atoms with Crippen molar-refractivity contribution in [2.24, 2.45) is 0 Å². The number of carbonyl (C=O) groups is 2. The fraction of sp³-hybridized carbons (Fsp3) is 0.500. The largest absolute Gasteiger partial charge is 0.378 e. The van der Waals surface area contributed by atoms with Gasteiger partial charge in [-0.25, -0.2) is 0 Å². The molecule has 2 unspecified atom stereocenters. The number of hydrogen-bond donors (Lipinski definition) is 1. The van der Waals surface area contributed by atoms with Gasteiger partial charge in [-0.05, 0) is 12.5 Å². The van der Waals surface area contributed by atoms with E-state index in [1.807, 2.05) is 30.3 Å². The Morgan fingerprint density at radius 2 is 1.86 bits per heavy atom. The van der Waals surface area contributed by atoms with Crippen molar-refractivity contribution in [1.29, 1.82) is 0 Å². The highest BCUT2D eigenvalue weighted by Gasteiger charge is 2.27. The minimum absolute atomic E-state index is 0.0976. The Kier molecular flexibility index (Phi) is 5.91. The minimum Gasteiger partial charge on any atom is -0.378 e. The smallest absolute Gasteiger partial charge is 0.254 e. The zero-order valence-corrected chi connectivity index (χ0v) is 13.0. The van der Waals surface area contributed by atoms with Crippen LogP contribution in [0.4, 0.5) is 0 Å². The number of carbonyl (C=O) groups excluding carboxylic acids is 2. The maximum absolute atomic E-state index is 12.3. The first kappa shape index (κ1) is 16.5. The Labute approximate surface area is 130 Å². The summed E-state index contributed by atoms with van der Waals surface area (Å²) in [5.74, 6) is -0.414. The molecule has 1 aromatic carbocycles. The van der Waals surface area contributed by atoms with Gasteiger partial charge in [0.15, 0.2) is 6.10 Å². The number of benzene rings is 1. The summed E-state index contributed by atoms with van der Waals surface area (Å²) in [6.45, 7) is 3.89. The van der Waals surface area contributed by atoms with E-state index in [9.17, 15) is 9.59 Å². The van der Waals surface area contributed by atoms with Crippen molar-refractivity contribution in [3.63, 3.8) is 0 Å². The van der Waals surface area contributed by atoms with E-state index in [2.05, 4.69) is 5.32 Å². The molecule has 0 saturated carbocycles. The van der Waals surface area contributed by atoms with Crippen LogP contribution in [0.3, 0.4) is 0 Å². The quantitative estimate of drug-likeness (QED) is 0.871. The highest BCUT2D eigenvalue weighted by Crippen LogP contribution is 2.16. The summed E-state index contributed by atoms with van der Waals surface area (Å²) in [5, 5.41) is 2.73. The number of nitrogens with one attached hydrogen (secondary N) is 1. The maximum atomic E-state index is 12.3. The first-order valence-corrected chi connectivity index (χ1v) is 7.38. The highest BCUT2D eigenvalue weighted by molar-refractivity contribution is 5.89. The van der Waals surface area contributed by atoms with Gasteiger partial charge < -0.3 is 19.7 Å². The van der Waals surface area contributed by atoms with Gasteiger partial charge in [0.2, 0.25) is 5.91 Å². The molecule has 6 nitrogen and oxygen atoms in total. The Hall–Kier alpha value is -1.92. The Morgan fingerprint density at radius 3 is 2.45 bits per heavy atom. The van der Waals surface area contributed by atoms with Crippen molar-refractivity contribution in [3.05, 3.63) is 35.9 Å². The van der Waals surface area contributed by atoms with Gasteiger partial charge in [0.05, 0.1) is 13.2 Å². The van der Waals surface area contributed by atoms with Crippen LogP contribution in [0.5, 0.6) is 0 Å². The lowest BCUT2D eigenvalue weighted by atomic mass is 10.1. The van der Waals surface area contributed by atoms with Crippen molar-refractivity contribution < 1.29 is 19.1 Å². The topological polar surface area (TPSA) is 67.9 Å². The van der Waals surface area contributed by atoms with Crippen LogP contribution in [0.15, 0.2) is 30.3 Å². The molecule has 2 rings (SSSR count). The lowest BCUT2D eigenvalue weighted by Gasteiger charge is -2.30. The van der Waals surface area contributed by atoms with Gasteiger partial charge in [-0.3, -0.25) is 9.59 Å². The number of rotatable bonds is 5. The molecule has 1 aliphatic rings. The van der Waals surface area contributed by atoms with Gasteiger partial charge >= 0.3 is 0 Å². The molecular weight excluding hydrogens is 284 g/mol. The molecule has 1 heterocycles. The Bertz CT molecular complexity index is 500. The van der Waals surface area contributed by atoms with Crippen LogP contribution in [-0.2, 0) is 19.1 Å². The second kappa shape index (κ2) is 7.91. The molecule has 0 spiro atoms. The molecule has 1 aromatic rings. The van der Waals surface area contributed by atoms with Crippen molar-refractivity contribution in [3.8, 4) is 0 Å². The zero-order chi connectivity index (χ0) is 15.9. The van der Waals surface area contributed by atoms with Crippen molar-refractivity contribution in [1.82, 2.24) is 10.2 Å². The number of hydrogen-bond acceptors (Lipinski definition) is 4. The molecule has 120 valence electrons. The van der Waals surface area contributed by atoms with Gasteiger partial charge in [-0.1, -0.05) is 30.3 Å². The van der Waals surface area contributed by atoms with Crippen LogP contribution in [0, 0.1) is 0 Å². The van der Waals surface area contributed by atoms with E-state index in [1.165, 1.54) is 7.11 Å². The number of amides is 2. The molecule has 6 heteroatoms. The molecule has 22 heavy (non-hydrogen) atoms. The first-order valence-electron chi connectivity index (χ1n) is 7.38. The van der Waals surface area contributed by atoms with E-state index >= 15 is 0 Å². The summed E-state index contributed by atoms with van der Waals surface area (Å²) < 4.78 is 10.5. The average molecular weight is 306 g/mol. The van der Waals surface area contributed by atoms with Crippen molar-refractivity contribution in [2.45, 2.75) is 19.1 Å². The van der Waals surface area contributed by atoms with E-state index in [1.54, 1.807) is 11.8 Å². The van der Waals surface area contributed by atoms with Crippen LogP contribution in [0.25, 0.3) is 0 Å². The lowest BCUT2D eigenvalue weighted by molar-refractivity contribution is -0.141. The first-order chi connectivity index (χ1) is 10.6. The fourth-order valence-corrected chi connectivity index (χ4v) is 2.43. The predicted octanol–water partition coefficient (Wildman–Crippen LogP) is 0.738. The summed E-state index contributed by atoms with van der Waals surface area (Å²) in [7, 11) is 1.48. The van der Waals surface area contributed by atoms with E-state index < -0.39 is 12.1 Å². The molecule has 2 amide bonds. The summed E-state index contributed by atoms with van der Waals surface area (Å²) in [6.07, 6.45) is -0.721. The molecule has 0 bridgehead atoms. The monoisotopic (exact) mass is 306 g/mol. The Morgan fingerprint density at radius 1 is 1.23 bits per heavy atom. The lowest BCUT2D eigenvalue weighted by Crippen LogP contribution is -2.51. The molecule has 1 N–H and O–H groups in total. The third kappa shape index (κ3) is 4.05. The van der Waals surface area contributed by atoms with Crippen LogP contribution in [0.2, 0.25) is 0 Å². The number of methoxy groups -OCH3 is 1. The van der Waals surface area contributed by atoms with Crippen LogP contribution < -0.4 is 5.32 Å². The molecule has 1 aliphatic heterocycles. The molecule has 1 saturated heterocycles. The van der Waals surface area contributed by atoms with Gasteiger partial charge in [-0.15, -0.1) is 0 Å².